The van der Waals surface area contributed by atoms with Gasteiger partial charge in [0, 0.05) is 6.54 Å². The molecule has 1 aliphatic heterocycles. The number of carbonyl (C=O) groups excluding carboxylic acids is 1. The van der Waals surface area contributed by atoms with E-state index in [1.165, 1.54) is 32.1 Å². The topological polar surface area (TPSA) is 29.5 Å². The van der Waals surface area contributed by atoms with Crippen molar-refractivity contribution in [1.82, 2.24) is 4.90 Å². The Labute approximate surface area is 117 Å². The van der Waals surface area contributed by atoms with E-state index in [0.29, 0.717) is 0 Å². The molecule has 0 aromatic carbocycles. The fourth-order valence-corrected chi connectivity index (χ4v) is 3.38. The van der Waals surface area contributed by atoms with Gasteiger partial charge in [-0.1, -0.05) is 19.3 Å². The van der Waals surface area contributed by atoms with E-state index < -0.39 is 0 Å². The zero-order chi connectivity index (χ0) is 13.9. The molecule has 0 amide bonds. The standard InChI is InChI=1S/C16H29NO2/c1-16(2,3)19-15(18)14-10-7-11-17(14)12-13-8-5-4-6-9-13/h13-14H,4-12H2,1-3H3/t14-/m0/s1. The number of carbonyl (C=O) groups is 1. The molecule has 3 heteroatoms. The van der Waals surface area contributed by atoms with Gasteiger partial charge in [-0.25, -0.2) is 0 Å². The first kappa shape index (κ1) is 14.8. The molecule has 0 radical (unpaired) electrons. The molecule has 110 valence electrons. The van der Waals surface area contributed by atoms with Gasteiger partial charge in [0.15, 0.2) is 0 Å². The Balaban J connectivity index is 1.87. The van der Waals surface area contributed by atoms with E-state index in [1.54, 1.807) is 0 Å². The van der Waals surface area contributed by atoms with Crippen LogP contribution in [-0.2, 0) is 9.53 Å². The second kappa shape index (κ2) is 6.25. The molecule has 2 rings (SSSR count). The Bertz CT molecular complexity index is 302. The fraction of sp³-hybridized carbons (Fsp3) is 0.938. The molecule has 0 aromatic heterocycles. The van der Waals surface area contributed by atoms with Crippen LogP contribution in [0.3, 0.4) is 0 Å². The average Bonchev–Trinajstić information content (AvgIpc) is 2.76. The lowest BCUT2D eigenvalue weighted by atomic mass is 9.89. The Morgan fingerprint density at radius 1 is 1.11 bits per heavy atom. The van der Waals surface area contributed by atoms with E-state index in [1.807, 2.05) is 20.8 Å². The summed E-state index contributed by atoms with van der Waals surface area (Å²) < 4.78 is 5.56. The van der Waals surface area contributed by atoms with Gasteiger partial charge in [-0.15, -0.1) is 0 Å². The molecule has 3 nitrogen and oxygen atoms in total. The van der Waals surface area contributed by atoms with Crippen molar-refractivity contribution >= 4 is 5.97 Å². The number of hydrogen-bond acceptors (Lipinski definition) is 3. The highest BCUT2D eigenvalue weighted by Gasteiger charge is 2.35. The normalized spacial score (nSPS) is 26.6. The quantitative estimate of drug-likeness (QED) is 0.734. The van der Waals surface area contributed by atoms with Crippen LogP contribution < -0.4 is 0 Å². The van der Waals surface area contributed by atoms with Crippen LogP contribution in [0, 0.1) is 5.92 Å². The van der Waals surface area contributed by atoms with E-state index in [-0.39, 0.29) is 17.6 Å². The van der Waals surface area contributed by atoms with Crippen LogP contribution in [0.1, 0.15) is 65.7 Å². The second-order valence-electron chi connectivity index (χ2n) is 7.19. The lowest BCUT2D eigenvalue weighted by Crippen LogP contribution is -2.42. The van der Waals surface area contributed by atoms with E-state index in [2.05, 4.69) is 4.90 Å². The van der Waals surface area contributed by atoms with E-state index in [4.69, 9.17) is 4.74 Å². The van der Waals surface area contributed by atoms with Crippen LogP contribution in [0.2, 0.25) is 0 Å². The lowest BCUT2D eigenvalue weighted by molar-refractivity contribution is -0.160. The third kappa shape index (κ3) is 4.48. The van der Waals surface area contributed by atoms with Gasteiger partial charge in [0.25, 0.3) is 0 Å². The van der Waals surface area contributed by atoms with Gasteiger partial charge in [-0.3, -0.25) is 9.69 Å². The Morgan fingerprint density at radius 2 is 1.79 bits per heavy atom. The van der Waals surface area contributed by atoms with Gasteiger partial charge < -0.3 is 4.74 Å². The molecule has 1 saturated carbocycles. The first-order valence-electron chi connectivity index (χ1n) is 7.92. The largest absolute Gasteiger partial charge is 0.459 e. The number of ether oxygens (including phenoxy) is 1. The molecule has 0 spiro atoms. The number of nitrogens with zero attached hydrogens (tertiary/aromatic N) is 1. The van der Waals surface area contributed by atoms with Crippen molar-refractivity contribution in [2.45, 2.75) is 77.4 Å². The molecule has 19 heavy (non-hydrogen) atoms. The van der Waals surface area contributed by atoms with Gasteiger partial charge in [0.05, 0.1) is 0 Å². The Kier molecular flexibility index (Phi) is 4.88. The molecule has 1 aliphatic carbocycles. The molecular weight excluding hydrogens is 238 g/mol. The second-order valence-corrected chi connectivity index (χ2v) is 7.19. The summed E-state index contributed by atoms with van der Waals surface area (Å²) in [7, 11) is 0. The lowest BCUT2D eigenvalue weighted by Gasteiger charge is -2.31. The van der Waals surface area contributed by atoms with Crippen LogP contribution in [0.4, 0.5) is 0 Å². The number of esters is 1. The minimum absolute atomic E-state index is 0.0131. The molecule has 1 atom stereocenters. The first-order valence-corrected chi connectivity index (χ1v) is 7.92. The molecule has 2 fully saturated rings. The van der Waals surface area contributed by atoms with E-state index in [9.17, 15) is 4.79 Å². The third-order valence-electron chi connectivity index (χ3n) is 4.26. The van der Waals surface area contributed by atoms with Crippen LogP contribution in [-0.4, -0.2) is 35.6 Å². The summed E-state index contributed by atoms with van der Waals surface area (Å²) in [6.45, 7) is 8.02. The maximum absolute atomic E-state index is 12.2. The summed E-state index contributed by atoms with van der Waals surface area (Å²) in [6.07, 6.45) is 8.94. The summed E-state index contributed by atoms with van der Waals surface area (Å²) in [6, 6.07) is 0.0150. The highest BCUT2D eigenvalue weighted by Crippen LogP contribution is 2.28. The van der Waals surface area contributed by atoms with Gasteiger partial charge in [-0.2, -0.15) is 0 Å². The van der Waals surface area contributed by atoms with Crippen LogP contribution in [0.5, 0.6) is 0 Å². The van der Waals surface area contributed by atoms with Crippen molar-refractivity contribution in [3.8, 4) is 0 Å². The molecule has 0 aromatic rings. The number of rotatable bonds is 3. The van der Waals surface area contributed by atoms with E-state index >= 15 is 0 Å². The van der Waals surface area contributed by atoms with Crippen LogP contribution in [0.25, 0.3) is 0 Å². The third-order valence-corrected chi connectivity index (χ3v) is 4.26. The molecular formula is C16H29NO2. The fourth-order valence-electron chi connectivity index (χ4n) is 3.38. The summed E-state index contributed by atoms with van der Waals surface area (Å²) in [5, 5.41) is 0. The summed E-state index contributed by atoms with van der Waals surface area (Å²) in [5.41, 5.74) is -0.365. The van der Waals surface area contributed by atoms with Crippen molar-refractivity contribution in [3.05, 3.63) is 0 Å². The van der Waals surface area contributed by atoms with Gasteiger partial charge in [-0.05, 0) is 58.9 Å². The highest BCUT2D eigenvalue weighted by atomic mass is 16.6. The molecule has 1 saturated heterocycles. The summed E-state index contributed by atoms with van der Waals surface area (Å²) in [4.78, 5) is 14.6. The maximum Gasteiger partial charge on any atom is 0.323 e. The zero-order valence-corrected chi connectivity index (χ0v) is 12.8. The van der Waals surface area contributed by atoms with Crippen molar-refractivity contribution in [1.29, 1.82) is 0 Å². The van der Waals surface area contributed by atoms with E-state index in [0.717, 1.165) is 31.8 Å². The van der Waals surface area contributed by atoms with Gasteiger partial charge in [0.1, 0.15) is 11.6 Å². The monoisotopic (exact) mass is 267 g/mol. The molecule has 0 unspecified atom stereocenters. The molecule has 1 heterocycles. The summed E-state index contributed by atoms with van der Waals surface area (Å²) in [5.74, 6) is 0.789. The minimum Gasteiger partial charge on any atom is -0.459 e. The molecule has 0 N–H and O–H groups in total. The predicted octanol–water partition coefficient (Wildman–Crippen LogP) is 3.37. The smallest absolute Gasteiger partial charge is 0.323 e. The first-order chi connectivity index (χ1) is 8.96. The van der Waals surface area contributed by atoms with Crippen LogP contribution in [0.15, 0.2) is 0 Å². The Morgan fingerprint density at radius 3 is 2.42 bits per heavy atom. The number of likely N-dealkylation sites (tertiary alicyclic amines) is 1. The predicted molar refractivity (Wildman–Crippen MR) is 77.0 cm³/mol. The zero-order valence-electron chi connectivity index (χ0n) is 12.8. The van der Waals surface area contributed by atoms with Gasteiger partial charge in [0.2, 0.25) is 0 Å². The average molecular weight is 267 g/mol. The Hall–Kier alpha value is -0.570. The van der Waals surface area contributed by atoms with Gasteiger partial charge >= 0.3 is 5.97 Å². The molecule has 0 bridgehead atoms. The van der Waals surface area contributed by atoms with Crippen molar-refractivity contribution < 1.29 is 9.53 Å². The number of hydrogen-bond donors (Lipinski definition) is 0. The van der Waals surface area contributed by atoms with Crippen LogP contribution >= 0.6 is 0 Å². The highest BCUT2D eigenvalue weighted by molar-refractivity contribution is 5.76. The van der Waals surface area contributed by atoms with Crippen molar-refractivity contribution in [2.24, 2.45) is 5.92 Å². The summed E-state index contributed by atoms with van der Waals surface area (Å²) >= 11 is 0. The minimum atomic E-state index is -0.365. The SMILES string of the molecule is CC(C)(C)OC(=O)[C@@H]1CCCN1CC1CCCCC1. The maximum atomic E-state index is 12.2. The van der Waals surface area contributed by atoms with Crippen molar-refractivity contribution in [3.63, 3.8) is 0 Å². The van der Waals surface area contributed by atoms with Crippen molar-refractivity contribution in [2.75, 3.05) is 13.1 Å². The molecule has 2 aliphatic rings.